The number of sulfonamides is 1. The van der Waals surface area contributed by atoms with Crippen molar-refractivity contribution in [3.05, 3.63) is 53.7 Å². The summed E-state index contributed by atoms with van der Waals surface area (Å²) in [5, 5.41) is 9.24. The molecule has 0 aliphatic carbocycles. The van der Waals surface area contributed by atoms with E-state index in [-0.39, 0.29) is 16.8 Å². The van der Waals surface area contributed by atoms with E-state index in [0.29, 0.717) is 43.1 Å². The standard InChI is InChI=1S/C20H23N5O3S/c1-15(2)23-29(27,28)18-7-5-16(6-8-18)20(26)25-12-10-24(11-13-25)19-17(14-21)4-3-9-22-19/h3-9,15,23H,10-13H2,1-2H3. The second-order valence-corrected chi connectivity index (χ2v) is 8.78. The smallest absolute Gasteiger partial charge is 0.253 e. The van der Waals surface area contributed by atoms with Gasteiger partial charge in [0.25, 0.3) is 5.91 Å². The first-order chi connectivity index (χ1) is 13.8. The maximum absolute atomic E-state index is 12.8. The zero-order chi connectivity index (χ0) is 21.0. The number of anilines is 1. The molecule has 0 unspecified atom stereocenters. The number of aromatic nitrogens is 1. The number of nitrogens with zero attached hydrogens (tertiary/aromatic N) is 4. The summed E-state index contributed by atoms with van der Waals surface area (Å²) in [5.41, 5.74) is 0.955. The zero-order valence-electron chi connectivity index (χ0n) is 16.4. The summed E-state index contributed by atoms with van der Waals surface area (Å²) in [6.45, 7) is 5.63. The Hall–Kier alpha value is -2.96. The molecule has 2 heterocycles. The second-order valence-electron chi connectivity index (χ2n) is 7.07. The summed E-state index contributed by atoms with van der Waals surface area (Å²) < 4.78 is 26.9. The Morgan fingerprint density at radius 1 is 1.14 bits per heavy atom. The van der Waals surface area contributed by atoms with E-state index in [4.69, 9.17) is 0 Å². The largest absolute Gasteiger partial charge is 0.352 e. The predicted octanol–water partition coefficient (Wildman–Crippen LogP) is 1.60. The molecule has 0 bridgehead atoms. The maximum atomic E-state index is 12.8. The van der Waals surface area contributed by atoms with Crippen LogP contribution in [0.25, 0.3) is 0 Å². The second kappa shape index (κ2) is 8.59. The Morgan fingerprint density at radius 2 is 1.79 bits per heavy atom. The monoisotopic (exact) mass is 413 g/mol. The molecule has 1 aliphatic heterocycles. The topological polar surface area (TPSA) is 106 Å². The lowest BCUT2D eigenvalue weighted by Crippen LogP contribution is -2.49. The molecule has 1 N–H and O–H groups in total. The molecule has 1 aromatic heterocycles. The zero-order valence-corrected chi connectivity index (χ0v) is 17.2. The molecule has 3 rings (SSSR count). The number of carbonyl (C=O) groups is 1. The first kappa shape index (κ1) is 20.8. The molecule has 9 heteroatoms. The predicted molar refractivity (Wildman–Crippen MR) is 109 cm³/mol. The maximum Gasteiger partial charge on any atom is 0.253 e. The number of hydrogen-bond donors (Lipinski definition) is 1. The first-order valence-electron chi connectivity index (χ1n) is 9.33. The Balaban J connectivity index is 1.66. The highest BCUT2D eigenvalue weighted by Gasteiger charge is 2.24. The molecule has 29 heavy (non-hydrogen) atoms. The molecular weight excluding hydrogens is 390 g/mol. The number of hydrogen-bond acceptors (Lipinski definition) is 6. The van der Waals surface area contributed by atoms with Crippen molar-refractivity contribution >= 4 is 21.7 Å². The van der Waals surface area contributed by atoms with Crippen molar-refractivity contribution in [2.45, 2.75) is 24.8 Å². The van der Waals surface area contributed by atoms with E-state index in [2.05, 4.69) is 15.8 Å². The normalized spacial score (nSPS) is 14.7. The molecule has 1 saturated heterocycles. The third-order valence-electron chi connectivity index (χ3n) is 4.58. The fourth-order valence-electron chi connectivity index (χ4n) is 3.20. The van der Waals surface area contributed by atoms with Crippen LogP contribution in [0.3, 0.4) is 0 Å². The number of carbonyl (C=O) groups excluding carboxylic acids is 1. The number of amides is 1. The van der Waals surface area contributed by atoms with Crippen LogP contribution in [0.15, 0.2) is 47.5 Å². The van der Waals surface area contributed by atoms with Crippen LogP contribution in [0.5, 0.6) is 0 Å². The van der Waals surface area contributed by atoms with E-state index >= 15 is 0 Å². The van der Waals surface area contributed by atoms with Gasteiger partial charge in [0.15, 0.2) is 0 Å². The lowest BCUT2D eigenvalue weighted by molar-refractivity contribution is 0.0746. The minimum Gasteiger partial charge on any atom is -0.352 e. The van der Waals surface area contributed by atoms with Gasteiger partial charge in [-0.15, -0.1) is 0 Å². The number of nitrogens with one attached hydrogen (secondary N) is 1. The summed E-state index contributed by atoms with van der Waals surface area (Å²) in [7, 11) is -3.59. The summed E-state index contributed by atoms with van der Waals surface area (Å²) >= 11 is 0. The van der Waals surface area contributed by atoms with Crippen LogP contribution in [0.4, 0.5) is 5.82 Å². The SMILES string of the molecule is CC(C)NS(=O)(=O)c1ccc(C(=O)N2CCN(c3ncccc3C#N)CC2)cc1. The van der Waals surface area contributed by atoms with E-state index in [9.17, 15) is 18.5 Å². The van der Waals surface area contributed by atoms with Crippen molar-refractivity contribution in [3.63, 3.8) is 0 Å². The number of rotatable bonds is 5. The van der Waals surface area contributed by atoms with Crippen molar-refractivity contribution in [1.82, 2.24) is 14.6 Å². The first-order valence-corrected chi connectivity index (χ1v) is 10.8. The van der Waals surface area contributed by atoms with E-state index < -0.39 is 10.0 Å². The quantitative estimate of drug-likeness (QED) is 0.798. The fourth-order valence-corrected chi connectivity index (χ4v) is 4.45. The molecule has 8 nitrogen and oxygen atoms in total. The molecule has 1 aliphatic rings. The lowest BCUT2D eigenvalue weighted by Gasteiger charge is -2.35. The molecule has 0 spiro atoms. The summed E-state index contributed by atoms with van der Waals surface area (Å²) in [6.07, 6.45) is 1.65. The van der Waals surface area contributed by atoms with Crippen LogP contribution in [-0.4, -0.2) is 56.4 Å². The molecule has 152 valence electrons. The van der Waals surface area contributed by atoms with Gasteiger partial charge in [-0.25, -0.2) is 18.1 Å². The van der Waals surface area contributed by atoms with E-state index in [0.717, 1.165) is 0 Å². The Bertz CT molecular complexity index is 1020. The van der Waals surface area contributed by atoms with Crippen molar-refractivity contribution in [1.29, 1.82) is 5.26 Å². The molecular formula is C20H23N5O3S. The highest BCUT2D eigenvalue weighted by Crippen LogP contribution is 2.19. The van der Waals surface area contributed by atoms with Crippen molar-refractivity contribution in [3.8, 4) is 6.07 Å². The lowest BCUT2D eigenvalue weighted by atomic mass is 10.1. The van der Waals surface area contributed by atoms with E-state index in [1.807, 2.05) is 4.90 Å². The van der Waals surface area contributed by atoms with E-state index in [1.165, 1.54) is 24.3 Å². The fraction of sp³-hybridized carbons (Fsp3) is 0.350. The highest BCUT2D eigenvalue weighted by atomic mass is 32.2. The van der Waals surface area contributed by atoms with Crippen molar-refractivity contribution < 1.29 is 13.2 Å². The highest BCUT2D eigenvalue weighted by molar-refractivity contribution is 7.89. The third-order valence-corrected chi connectivity index (χ3v) is 6.25. The van der Waals surface area contributed by atoms with Crippen LogP contribution < -0.4 is 9.62 Å². The van der Waals surface area contributed by atoms with Crippen molar-refractivity contribution in [2.24, 2.45) is 0 Å². The van der Waals surface area contributed by atoms with Crippen LogP contribution in [0.2, 0.25) is 0 Å². The molecule has 2 aromatic rings. The molecule has 1 amide bonds. The minimum absolute atomic E-state index is 0.131. The van der Waals surface area contributed by atoms with Gasteiger partial charge in [0.1, 0.15) is 11.9 Å². The van der Waals surface area contributed by atoms with Crippen molar-refractivity contribution in [2.75, 3.05) is 31.1 Å². The van der Waals surface area contributed by atoms with E-state index in [1.54, 1.807) is 37.1 Å². The van der Waals surface area contributed by atoms with Gasteiger partial charge in [-0.2, -0.15) is 5.26 Å². The van der Waals surface area contributed by atoms with Gasteiger partial charge in [-0.1, -0.05) is 0 Å². The molecule has 0 saturated carbocycles. The number of nitriles is 1. The molecule has 1 fully saturated rings. The number of pyridine rings is 1. The summed E-state index contributed by atoms with van der Waals surface area (Å²) in [4.78, 5) is 20.9. The van der Waals surface area contributed by atoms with Gasteiger partial charge in [0, 0.05) is 44.0 Å². The average Bonchev–Trinajstić information content (AvgIpc) is 2.72. The Morgan fingerprint density at radius 3 is 2.38 bits per heavy atom. The van der Waals surface area contributed by atoms with Gasteiger partial charge in [-0.3, -0.25) is 4.79 Å². The Labute approximate surface area is 170 Å². The van der Waals surface area contributed by atoms with Gasteiger partial charge in [-0.05, 0) is 50.2 Å². The Kier molecular flexibility index (Phi) is 6.15. The molecule has 0 radical (unpaired) electrons. The van der Waals surface area contributed by atoms with Crippen LogP contribution >= 0.6 is 0 Å². The summed E-state index contributed by atoms with van der Waals surface area (Å²) in [5.74, 6) is 0.487. The molecule has 0 atom stereocenters. The number of piperazine rings is 1. The van der Waals surface area contributed by atoms with Crippen LogP contribution in [0.1, 0.15) is 29.8 Å². The van der Waals surface area contributed by atoms with Gasteiger partial charge < -0.3 is 9.80 Å². The van der Waals surface area contributed by atoms with Gasteiger partial charge in [0.05, 0.1) is 10.5 Å². The molecule has 1 aromatic carbocycles. The third kappa shape index (κ3) is 4.72. The minimum atomic E-state index is -3.59. The van der Waals surface area contributed by atoms with Gasteiger partial charge >= 0.3 is 0 Å². The average molecular weight is 414 g/mol. The van der Waals surface area contributed by atoms with Gasteiger partial charge in [0.2, 0.25) is 10.0 Å². The number of benzene rings is 1. The van der Waals surface area contributed by atoms with Crippen LogP contribution in [0, 0.1) is 11.3 Å². The summed E-state index contributed by atoms with van der Waals surface area (Å²) in [6, 6.07) is 11.4. The van der Waals surface area contributed by atoms with Crippen LogP contribution in [-0.2, 0) is 10.0 Å².